The molecule has 0 bridgehead atoms. The van der Waals surface area contributed by atoms with Gasteiger partial charge in [-0.05, 0) is 12.8 Å². The van der Waals surface area contributed by atoms with E-state index in [0.29, 0.717) is 0 Å². The maximum absolute atomic E-state index is 3.66. The predicted octanol–water partition coefficient (Wildman–Crippen LogP) is 9.33. The first-order chi connectivity index (χ1) is 12.4. The Kier molecular flexibility index (Phi) is 22.5. The molecule has 0 saturated heterocycles. The first kappa shape index (κ1) is 24.2. The monoisotopic (exact) mass is 346 g/mol. The van der Waals surface area contributed by atoms with Crippen molar-refractivity contribution in [2.45, 2.75) is 122 Å². The summed E-state index contributed by atoms with van der Waals surface area (Å²) in [5, 5.41) is 0. The molecule has 0 fully saturated rings. The van der Waals surface area contributed by atoms with Crippen LogP contribution in [0.5, 0.6) is 0 Å². The van der Waals surface area contributed by atoms with E-state index in [4.69, 9.17) is 0 Å². The Morgan fingerprint density at radius 3 is 1.28 bits per heavy atom. The standard InChI is InChI=1S/C25H46/c1-3-5-7-9-11-13-15-17-19-21-23-25-24-22-20-18-16-14-12-10-8-6-4-2/h3,5,7,9,11H,1,4,6,8,10,12-25H2,2H3/b7-5+,11-9+. The van der Waals surface area contributed by atoms with Gasteiger partial charge in [-0.1, -0.05) is 147 Å². The maximum atomic E-state index is 3.66. The second-order valence-corrected chi connectivity index (χ2v) is 7.49. The fourth-order valence-electron chi connectivity index (χ4n) is 3.30. The van der Waals surface area contributed by atoms with E-state index < -0.39 is 0 Å². The van der Waals surface area contributed by atoms with Gasteiger partial charge in [0.15, 0.2) is 0 Å². The van der Waals surface area contributed by atoms with Gasteiger partial charge in [0.1, 0.15) is 0 Å². The highest BCUT2D eigenvalue weighted by Crippen LogP contribution is 2.14. The van der Waals surface area contributed by atoms with Crippen LogP contribution in [0.15, 0.2) is 37.0 Å². The van der Waals surface area contributed by atoms with Crippen molar-refractivity contribution in [1.29, 1.82) is 0 Å². The van der Waals surface area contributed by atoms with E-state index >= 15 is 0 Å². The molecule has 0 amide bonds. The van der Waals surface area contributed by atoms with Gasteiger partial charge in [-0.2, -0.15) is 0 Å². The van der Waals surface area contributed by atoms with Crippen LogP contribution in [0.25, 0.3) is 0 Å². The molecule has 0 unspecified atom stereocenters. The van der Waals surface area contributed by atoms with Gasteiger partial charge in [-0.15, -0.1) is 0 Å². The average Bonchev–Trinajstić information content (AvgIpc) is 2.63. The molecule has 0 spiro atoms. The SMILES string of the molecule is C=C/C=C/C=C/CCCCCCCCCCCCCCCCCCC. The molecule has 25 heavy (non-hydrogen) atoms. The second kappa shape index (κ2) is 23.2. The summed E-state index contributed by atoms with van der Waals surface area (Å²) in [6, 6.07) is 0. The summed E-state index contributed by atoms with van der Waals surface area (Å²) in [6.07, 6.45) is 36.0. The number of unbranched alkanes of at least 4 members (excludes halogenated alkanes) is 17. The molecule has 0 aliphatic rings. The van der Waals surface area contributed by atoms with Crippen LogP contribution < -0.4 is 0 Å². The van der Waals surface area contributed by atoms with Crippen molar-refractivity contribution < 1.29 is 0 Å². The minimum absolute atomic E-state index is 1.22. The van der Waals surface area contributed by atoms with E-state index in [1.807, 2.05) is 12.2 Å². The molecule has 0 aliphatic heterocycles. The lowest BCUT2D eigenvalue weighted by Crippen LogP contribution is -1.83. The van der Waals surface area contributed by atoms with Crippen molar-refractivity contribution in [3.05, 3.63) is 37.0 Å². The predicted molar refractivity (Wildman–Crippen MR) is 117 cm³/mol. The largest absolute Gasteiger partial charge is 0.0991 e. The van der Waals surface area contributed by atoms with Crippen LogP contribution in [0.1, 0.15) is 122 Å². The van der Waals surface area contributed by atoms with E-state index in [1.165, 1.54) is 116 Å². The molecular weight excluding hydrogens is 300 g/mol. The maximum Gasteiger partial charge on any atom is -0.0348 e. The molecule has 0 rings (SSSR count). The van der Waals surface area contributed by atoms with Crippen molar-refractivity contribution >= 4 is 0 Å². The highest BCUT2D eigenvalue weighted by Gasteiger charge is 1.94. The molecule has 0 nitrogen and oxygen atoms in total. The molecule has 0 aliphatic carbocycles. The fourth-order valence-corrected chi connectivity index (χ4v) is 3.30. The summed E-state index contributed by atoms with van der Waals surface area (Å²) in [7, 11) is 0. The number of hydrogen-bond acceptors (Lipinski definition) is 0. The zero-order valence-corrected chi connectivity index (χ0v) is 17.3. The number of allylic oxidation sites excluding steroid dienone is 5. The summed E-state index contributed by atoms with van der Waals surface area (Å²) in [5.74, 6) is 0. The minimum Gasteiger partial charge on any atom is -0.0991 e. The van der Waals surface area contributed by atoms with Crippen LogP contribution in [-0.2, 0) is 0 Å². The quantitative estimate of drug-likeness (QED) is 0.152. The Hall–Kier alpha value is -0.780. The van der Waals surface area contributed by atoms with Crippen molar-refractivity contribution in [2.24, 2.45) is 0 Å². The zero-order chi connectivity index (χ0) is 18.3. The first-order valence-electron chi connectivity index (χ1n) is 11.4. The van der Waals surface area contributed by atoms with Crippen molar-refractivity contribution in [3.63, 3.8) is 0 Å². The van der Waals surface area contributed by atoms with E-state index in [1.54, 1.807) is 0 Å². The Balaban J connectivity index is 3.04. The normalized spacial score (nSPS) is 11.7. The van der Waals surface area contributed by atoms with Crippen LogP contribution in [0.3, 0.4) is 0 Å². The highest BCUT2D eigenvalue weighted by atomic mass is 14.0. The third kappa shape index (κ3) is 23.2. The Bertz CT molecular complexity index is 297. The van der Waals surface area contributed by atoms with Gasteiger partial charge in [-0.3, -0.25) is 0 Å². The van der Waals surface area contributed by atoms with Gasteiger partial charge in [0.2, 0.25) is 0 Å². The Labute approximate surface area is 159 Å². The van der Waals surface area contributed by atoms with E-state index in [9.17, 15) is 0 Å². The molecule has 146 valence electrons. The molecule has 0 heteroatoms. The molecule has 0 aromatic carbocycles. The van der Waals surface area contributed by atoms with Crippen LogP contribution in [0.4, 0.5) is 0 Å². The number of rotatable bonds is 20. The topological polar surface area (TPSA) is 0 Å². The Morgan fingerprint density at radius 1 is 0.480 bits per heavy atom. The van der Waals surface area contributed by atoms with Crippen LogP contribution in [0.2, 0.25) is 0 Å². The van der Waals surface area contributed by atoms with Crippen LogP contribution >= 0.6 is 0 Å². The molecule has 0 aromatic rings. The van der Waals surface area contributed by atoms with Crippen LogP contribution in [-0.4, -0.2) is 0 Å². The van der Waals surface area contributed by atoms with Gasteiger partial charge >= 0.3 is 0 Å². The molecular formula is C25H46. The first-order valence-corrected chi connectivity index (χ1v) is 11.4. The van der Waals surface area contributed by atoms with Gasteiger partial charge in [0, 0.05) is 0 Å². The van der Waals surface area contributed by atoms with Gasteiger partial charge in [0.05, 0.1) is 0 Å². The fraction of sp³-hybridized carbons (Fsp3) is 0.760. The summed E-state index contributed by atoms with van der Waals surface area (Å²) in [5.41, 5.74) is 0. The summed E-state index contributed by atoms with van der Waals surface area (Å²) in [4.78, 5) is 0. The third-order valence-corrected chi connectivity index (χ3v) is 4.97. The minimum atomic E-state index is 1.22. The van der Waals surface area contributed by atoms with Gasteiger partial charge in [-0.25, -0.2) is 0 Å². The lowest BCUT2D eigenvalue weighted by Gasteiger charge is -2.03. The smallest absolute Gasteiger partial charge is 0.0348 e. The molecule has 0 heterocycles. The molecule has 0 atom stereocenters. The summed E-state index contributed by atoms with van der Waals surface area (Å²) >= 11 is 0. The molecule has 0 saturated carbocycles. The van der Waals surface area contributed by atoms with Gasteiger partial charge in [0.25, 0.3) is 0 Å². The molecule has 0 N–H and O–H groups in total. The summed E-state index contributed by atoms with van der Waals surface area (Å²) in [6.45, 7) is 5.96. The van der Waals surface area contributed by atoms with Crippen molar-refractivity contribution in [1.82, 2.24) is 0 Å². The lowest BCUT2D eigenvalue weighted by molar-refractivity contribution is 0.527. The van der Waals surface area contributed by atoms with Crippen molar-refractivity contribution in [3.8, 4) is 0 Å². The third-order valence-electron chi connectivity index (χ3n) is 4.97. The van der Waals surface area contributed by atoms with Gasteiger partial charge < -0.3 is 0 Å². The average molecular weight is 347 g/mol. The second-order valence-electron chi connectivity index (χ2n) is 7.49. The molecule has 0 aromatic heterocycles. The van der Waals surface area contributed by atoms with Crippen molar-refractivity contribution in [2.75, 3.05) is 0 Å². The lowest BCUT2D eigenvalue weighted by atomic mass is 10.0. The molecule has 0 radical (unpaired) electrons. The summed E-state index contributed by atoms with van der Waals surface area (Å²) < 4.78 is 0. The van der Waals surface area contributed by atoms with Crippen LogP contribution in [0, 0.1) is 0 Å². The highest BCUT2D eigenvalue weighted by molar-refractivity contribution is 5.08. The zero-order valence-electron chi connectivity index (χ0n) is 17.3. The van der Waals surface area contributed by atoms with E-state index in [0.717, 1.165) is 0 Å². The van der Waals surface area contributed by atoms with E-state index in [-0.39, 0.29) is 0 Å². The number of hydrogen-bond donors (Lipinski definition) is 0. The van der Waals surface area contributed by atoms with E-state index in [2.05, 4.69) is 31.7 Å². The Morgan fingerprint density at radius 2 is 0.880 bits per heavy atom.